The van der Waals surface area contributed by atoms with Crippen LogP contribution in [0.3, 0.4) is 0 Å². The monoisotopic (exact) mass is 428 g/mol. The lowest BCUT2D eigenvalue weighted by atomic mass is 10.2. The van der Waals surface area contributed by atoms with Crippen molar-refractivity contribution in [2.24, 2.45) is 0 Å². The summed E-state index contributed by atoms with van der Waals surface area (Å²) in [7, 11) is 0. The molecule has 0 aliphatic carbocycles. The summed E-state index contributed by atoms with van der Waals surface area (Å²) < 4.78 is 28.9. The normalized spacial score (nSPS) is 11.1. The molecular formula is C22H15ClF2N2OS. The van der Waals surface area contributed by atoms with E-state index in [4.69, 9.17) is 11.6 Å². The third-order valence-electron chi connectivity index (χ3n) is 4.49. The number of aromatic nitrogens is 2. The van der Waals surface area contributed by atoms with Gasteiger partial charge in [-0.05, 0) is 42.0 Å². The molecule has 0 aliphatic rings. The molecule has 0 radical (unpaired) electrons. The molecule has 146 valence electrons. The predicted octanol–water partition coefficient (Wildman–Crippen LogP) is 5.67. The van der Waals surface area contributed by atoms with Gasteiger partial charge in [-0.3, -0.25) is 9.36 Å². The second-order valence-corrected chi connectivity index (χ2v) is 7.77. The summed E-state index contributed by atoms with van der Waals surface area (Å²) in [4.78, 5) is 17.7. The second-order valence-electron chi connectivity index (χ2n) is 6.42. The maximum Gasteiger partial charge on any atom is 0.262 e. The molecule has 0 unspecified atom stereocenters. The van der Waals surface area contributed by atoms with Crippen LogP contribution < -0.4 is 5.56 Å². The van der Waals surface area contributed by atoms with Crippen LogP contribution in [0.4, 0.5) is 8.78 Å². The van der Waals surface area contributed by atoms with Crippen LogP contribution in [-0.4, -0.2) is 9.55 Å². The maximum atomic E-state index is 14.1. The van der Waals surface area contributed by atoms with Crippen molar-refractivity contribution in [2.75, 3.05) is 0 Å². The number of hydrogen-bond donors (Lipinski definition) is 0. The van der Waals surface area contributed by atoms with Crippen LogP contribution in [0.25, 0.3) is 10.9 Å². The Morgan fingerprint density at radius 2 is 1.72 bits per heavy atom. The molecule has 0 atom stereocenters. The van der Waals surface area contributed by atoms with E-state index in [0.717, 1.165) is 5.56 Å². The van der Waals surface area contributed by atoms with Gasteiger partial charge in [-0.2, -0.15) is 0 Å². The summed E-state index contributed by atoms with van der Waals surface area (Å²) in [6.45, 7) is 0.226. The third-order valence-corrected chi connectivity index (χ3v) is 5.84. The number of nitrogens with zero attached hydrogens (tertiary/aromatic N) is 2. The first-order chi connectivity index (χ1) is 14.0. The van der Waals surface area contributed by atoms with Crippen LogP contribution >= 0.6 is 23.4 Å². The van der Waals surface area contributed by atoms with Crippen LogP contribution in [-0.2, 0) is 12.3 Å². The van der Waals surface area contributed by atoms with Crippen molar-refractivity contribution in [2.45, 2.75) is 17.5 Å². The topological polar surface area (TPSA) is 34.9 Å². The minimum Gasteiger partial charge on any atom is -0.283 e. The summed E-state index contributed by atoms with van der Waals surface area (Å²) in [6.07, 6.45) is 0. The highest BCUT2D eigenvalue weighted by Gasteiger charge is 2.14. The van der Waals surface area contributed by atoms with E-state index in [-0.39, 0.29) is 23.7 Å². The molecule has 3 aromatic carbocycles. The third kappa shape index (κ3) is 4.18. The van der Waals surface area contributed by atoms with Gasteiger partial charge in [0.1, 0.15) is 11.6 Å². The SMILES string of the molecule is O=c1c2ccccc2nc(SCc2c(F)cccc2Cl)n1Cc1ccc(F)cc1. The molecule has 0 N–H and O–H groups in total. The van der Waals surface area contributed by atoms with E-state index < -0.39 is 5.82 Å². The molecule has 0 bridgehead atoms. The van der Waals surface area contributed by atoms with E-state index in [9.17, 15) is 13.6 Å². The van der Waals surface area contributed by atoms with E-state index in [0.29, 0.717) is 26.6 Å². The number of hydrogen-bond acceptors (Lipinski definition) is 3. The molecule has 3 nitrogen and oxygen atoms in total. The smallest absolute Gasteiger partial charge is 0.262 e. The van der Waals surface area contributed by atoms with Crippen LogP contribution in [0.5, 0.6) is 0 Å². The van der Waals surface area contributed by atoms with E-state index in [1.807, 2.05) is 0 Å². The summed E-state index contributed by atoms with van der Waals surface area (Å²) >= 11 is 7.36. The Morgan fingerprint density at radius 1 is 0.966 bits per heavy atom. The summed E-state index contributed by atoms with van der Waals surface area (Å²) in [5.74, 6) is -0.528. The minimum absolute atomic E-state index is 0.206. The largest absolute Gasteiger partial charge is 0.283 e. The Morgan fingerprint density at radius 3 is 2.48 bits per heavy atom. The first kappa shape index (κ1) is 19.6. The van der Waals surface area contributed by atoms with E-state index in [2.05, 4.69) is 4.98 Å². The molecule has 1 heterocycles. The van der Waals surface area contributed by atoms with Crippen molar-refractivity contribution in [3.63, 3.8) is 0 Å². The molecule has 1 aromatic heterocycles. The highest BCUT2D eigenvalue weighted by atomic mass is 35.5. The van der Waals surface area contributed by atoms with Gasteiger partial charge in [0, 0.05) is 16.3 Å². The standard InChI is InChI=1S/C22H15ClF2N2OS/c23-18-5-3-6-19(25)17(18)13-29-22-26-20-7-2-1-4-16(20)21(28)27(22)12-14-8-10-15(24)11-9-14/h1-11H,12-13H2. The van der Waals surface area contributed by atoms with Gasteiger partial charge in [0.2, 0.25) is 0 Å². The maximum absolute atomic E-state index is 14.1. The fraction of sp³-hybridized carbons (Fsp3) is 0.0909. The Balaban J connectivity index is 1.76. The molecule has 0 amide bonds. The number of thioether (sulfide) groups is 1. The zero-order chi connectivity index (χ0) is 20.4. The first-order valence-corrected chi connectivity index (χ1v) is 10.2. The summed E-state index contributed by atoms with van der Waals surface area (Å²) in [5, 5.41) is 1.26. The van der Waals surface area contributed by atoms with Crippen molar-refractivity contribution >= 4 is 34.3 Å². The fourth-order valence-electron chi connectivity index (χ4n) is 2.98. The van der Waals surface area contributed by atoms with E-state index in [1.54, 1.807) is 48.5 Å². The lowest BCUT2D eigenvalue weighted by Gasteiger charge is -2.14. The number of para-hydroxylation sites is 1. The van der Waals surface area contributed by atoms with Crippen LogP contribution in [0.1, 0.15) is 11.1 Å². The molecule has 0 saturated carbocycles. The van der Waals surface area contributed by atoms with Crippen molar-refractivity contribution < 1.29 is 8.78 Å². The Hall–Kier alpha value is -2.70. The van der Waals surface area contributed by atoms with Gasteiger partial charge in [-0.1, -0.05) is 53.7 Å². The lowest BCUT2D eigenvalue weighted by Crippen LogP contribution is -2.24. The van der Waals surface area contributed by atoms with Gasteiger partial charge in [0.15, 0.2) is 5.16 Å². The number of fused-ring (bicyclic) bond motifs is 1. The van der Waals surface area contributed by atoms with Crippen molar-refractivity contribution in [1.29, 1.82) is 0 Å². The lowest BCUT2D eigenvalue weighted by molar-refractivity contribution is 0.616. The molecule has 0 aliphatic heterocycles. The molecule has 0 spiro atoms. The number of benzene rings is 3. The molecule has 4 rings (SSSR count). The Labute approximate surface area is 175 Å². The number of rotatable bonds is 5. The predicted molar refractivity (Wildman–Crippen MR) is 112 cm³/mol. The van der Waals surface area contributed by atoms with Gasteiger partial charge in [0.25, 0.3) is 5.56 Å². The highest BCUT2D eigenvalue weighted by molar-refractivity contribution is 7.98. The second kappa shape index (κ2) is 8.35. The molecule has 4 aromatic rings. The first-order valence-electron chi connectivity index (χ1n) is 8.82. The van der Waals surface area contributed by atoms with Gasteiger partial charge < -0.3 is 0 Å². The van der Waals surface area contributed by atoms with Crippen molar-refractivity contribution in [3.8, 4) is 0 Å². The van der Waals surface area contributed by atoms with E-state index >= 15 is 0 Å². The number of halogens is 3. The fourth-order valence-corrected chi connectivity index (χ4v) is 4.32. The highest BCUT2D eigenvalue weighted by Crippen LogP contribution is 2.28. The van der Waals surface area contributed by atoms with Crippen LogP contribution in [0.15, 0.2) is 76.7 Å². The van der Waals surface area contributed by atoms with E-state index in [1.165, 1.54) is 34.5 Å². The van der Waals surface area contributed by atoms with Crippen LogP contribution in [0, 0.1) is 11.6 Å². The van der Waals surface area contributed by atoms with Crippen LogP contribution in [0.2, 0.25) is 5.02 Å². The van der Waals surface area contributed by atoms with Gasteiger partial charge in [0.05, 0.1) is 17.4 Å². The quantitative estimate of drug-likeness (QED) is 0.303. The van der Waals surface area contributed by atoms with Gasteiger partial charge >= 0.3 is 0 Å². The van der Waals surface area contributed by atoms with Gasteiger partial charge in [-0.25, -0.2) is 13.8 Å². The zero-order valence-corrected chi connectivity index (χ0v) is 16.7. The molecule has 29 heavy (non-hydrogen) atoms. The van der Waals surface area contributed by atoms with Crippen molar-refractivity contribution in [3.05, 3.63) is 105 Å². The summed E-state index contributed by atoms with van der Waals surface area (Å²) in [6, 6.07) is 17.5. The summed E-state index contributed by atoms with van der Waals surface area (Å²) in [5.41, 5.74) is 1.48. The van der Waals surface area contributed by atoms with Gasteiger partial charge in [-0.15, -0.1) is 0 Å². The molecule has 7 heteroatoms. The zero-order valence-electron chi connectivity index (χ0n) is 15.1. The Bertz CT molecular complexity index is 1220. The molecular weight excluding hydrogens is 414 g/mol. The average Bonchev–Trinajstić information content (AvgIpc) is 2.72. The molecule has 0 saturated heterocycles. The minimum atomic E-state index is -0.404. The van der Waals surface area contributed by atoms with Crippen molar-refractivity contribution in [1.82, 2.24) is 9.55 Å². The molecule has 0 fully saturated rings. The average molecular weight is 429 g/mol. The Kier molecular flexibility index (Phi) is 5.65.